The van der Waals surface area contributed by atoms with E-state index < -0.39 is 0 Å². The van der Waals surface area contributed by atoms with Gasteiger partial charge in [-0.3, -0.25) is 0 Å². The molecule has 0 spiro atoms. The minimum Gasteiger partial charge on any atom is -0.364 e. The van der Waals surface area contributed by atoms with Crippen LogP contribution in [0.4, 0.5) is 0 Å². The van der Waals surface area contributed by atoms with E-state index in [4.69, 9.17) is 4.52 Å². The van der Waals surface area contributed by atoms with Crippen molar-refractivity contribution in [1.29, 1.82) is 0 Å². The summed E-state index contributed by atoms with van der Waals surface area (Å²) in [6.07, 6.45) is 1.71. The molecule has 0 fully saturated rings. The fourth-order valence-corrected chi connectivity index (χ4v) is 1.50. The number of hydrogen-bond donors (Lipinski definition) is 0. The molecule has 0 bridgehead atoms. The van der Waals surface area contributed by atoms with Crippen molar-refractivity contribution in [3.63, 3.8) is 0 Å². The molecule has 0 aliphatic rings. The van der Waals surface area contributed by atoms with Gasteiger partial charge in [-0.1, -0.05) is 49.3 Å². The number of hydrogen-bond acceptors (Lipinski definition) is 2. The first-order valence-electron chi connectivity index (χ1n) is 4.78. The van der Waals surface area contributed by atoms with E-state index in [9.17, 15) is 0 Å². The topological polar surface area (TPSA) is 26.0 Å². The zero-order valence-corrected chi connectivity index (χ0v) is 8.40. The second kappa shape index (κ2) is 3.66. The van der Waals surface area contributed by atoms with Crippen LogP contribution >= 0.6 is 0 Å². The van der Waals surface area contributed by atoms with Gasteiger partial charge in [0.05, 0.1) is 5.69 Å². The van der Waals surface area contributed by atoms with Crippen LogP contribution in [0, 0.1) is 0 Å². The van der Waals surface area contributed by atoms with Crippen LogP contribution in [0.3, 0.4) is 0 Å². The average molecular weight is 187 g/mol. The summed E-state index contributed by atoms with van der Waals surface area (Å²) in [5, 5.41) is 4.02. The van der Waals surface area contributed by atoms with Crippen LogP contribution in [0.1, 0.15) is 25.5 Å². The Labute approximate surface area is 83.5 Å². The van der Waals surface area contributed by atoms with Gasteiger partial charge in [-0.15, -0.1) is 0 Å². The van der Waals surface area contributed by atoms with Gasteiger partial charge in [0.15, 0.2) is 0 Å². The van der Waals surface area contributed by atoms with Gasteiger partial charge in [-0.2, -0.15) is 0 Å². The predicted octanol–water partition coefficient (Wildman–Crippen LogP) is 3.47. The van der Waals surface area contributed by atoms with Crippen LogP contribution < -0.4 is 0 Å². The third kappa shape index (κ3) is 1.55. The molecular formula is C12H13NO. The van der Waals surface area contributed by atoms with E-state index in [-0.39, 0.29) is 0 Å². The first-order chi connectivity index (χ1) is 6.79. The molecule has 2 heteroatoms. The van der Waals surface area contributed by atoms with Gasteiger partial charge < -0.3 is 4.52 Å². The first kappa shape index (κ1) is 9.00. The summed E-state index contributed by atoms with van der Waals surface area (Å²) in [5.74, 6) is 0.393. The molecule has 1 aromatic carbocycles. The van der Waals surface area contributed by atoms with Crippen LogP contribution in [0.15, 0.2) is 41.1 Å². The highest BCUT2D eigenvalue weighted by atomic mass is 16.5. The van der Waals surface area contributed by atoms with Crippen LogP contribution in [-0.4, -0.2) is 5.16 Å². The van der Waals surface area contributed by atoms with Crippen molar-refractivity contribution in [3.8, 4) is 11.1 Å². The van der Waals surface area contributed by atoms with Gasteiger partial charge >= 0.3 is 0 Å². The first-order valence-corrected chi connectivity index (χ1v) is 4.78. The van der Waals surface area contributed by atoms with Crippen LogP contribution in [0.2, 0.25) is 0 Å². The lowest BCUT2D eigenvalue weighted by Crippen LogP contribution is -1.89. The molecule has 2 rings (SSSR count). The Morgan fingerprint density at radius 1 is 1.14 bits per heavy atom. The Morgan fingerprint density at radius 3 is 2.50 bits per heavy atom. The van der Waals surface area contributed by atoms with E-state index >= 15 is 0 Å². The molecular weight excluding hydrogens is 174 g/mol. The molecule has 0 amide bonds. The minimum absolute atomic E-state index is 0.393. The fraction of sp³-hybridized carbons (Fsp3) is 0.250. The van der Waals surface area contributed by atoms with Crippen LogP contribution in [0.5, 0.6) is 0 Å². The Morgan fingerprint density at radius 2 is 1.86 bits per heavy atom. The number of nitrogens with zero attached hydrogens (tertiary/aromatic N) is 1. The van der Waals surface area contributed by atoms with Gasteiger partial charge in [0.25, 0.3) is 0 Å². The van der Waals surface area contributed by atoms with E-state index in [0.29, 0.717) is 5.92 Å². The Kier molecular flexibility index (Phi) is 2.35. The molecule has 0 atom stereocenters. The molecule has 0 saturated heterocycles. The second-order valence-electron chi connectivity index (χ2n) is 3.63. The van der Waals surface area contributed by atoms with Gasteiger partial charge in [0.1, 0.15) is 6.26 Å². The van der Waals surface area contributed by atoms with Gasteiger partial charge in [0, 0.05) is 5.56 Å². The van der Waals surface area contributed by atoms with E-state index in [2.05, 4.69) is 31.1 Å². The summed E-state index contributed by atoms with van der Waals surface area (Å²) < 4.78 is 5.01. The molecule has 0 radical (unpaired) electrons. The SMILES string of the molecule is CC(C)c1nocc1-c1ccccc1. The zero-order chi connectivity index (χ0) is 9.97. The molecule has 0 aliphatic heterocycles. The fourth-order valence-electron chi connectivity index (χ4n) is 1.50. The molecule has 0 unspecified atom stereocenters. The van der Waals surface area contributed by atoms with Crippen LogP contribution in [-0.2, 0) is 0 Å². The maximum Gasteiger partial charge on any atom is 0.131 e. The molecule has 14 heavy (non-hydrogen) atoms. The third-order valence-corrected chi connectivity index (χ3v) is 2.23. The van der Waals surface area contributed by atoms with E-state index in [1.54, 1.807) is 6.26 Å². The molecule has 1 heterocycles. The van der Waals surface area contributed by atoms with Crippen molar-refractivity contribution >= 4 is 0 Å². The van der Waals surface area contributed by atoms with Crippen molar-refractivity contribution < 1.29 is 4.52 Å². The summed E-state index contributed by atoms with van der Waals surface area (Å²) >= 11 is 0. The minimum atomic E-state index is 0.393. The highest BCUT2D eigenvalue weighted by molar-refractivity contribution is 5.64. The molecule has 0 N–H and O–H groups in total. The third-order valence-electron chi connectivity index (χ3n) is 2.23. The van der Waals surface area contributed by atoms with Gasteiger partial charge in [0.2, 0.25) is 0 Å². The molecule has 0 saturated carbocycles. The van der Waals surface area contributed by atoms with Crippen molar-refractivity contribution in [1.82, 2.24) is 5.16 Å². The lowest BCUT2D eigenvalue weighted by Gasteiger charge is -2.03. The van der Waals surface area contributed by atoms with Crippen LogP contribution in [0.25, 0.3) is 11.1 Å². The lowest BCUT2D eigenvalue weighted by atomic mass is 10.0. The van der Waals surface area contributed by atoms with E-state index in [0.717, 1.165) is 16.8 Å². The summed E-state index contributed by atoms with van der Waals surface area (Å²) in [4.78, 5) is 0. The predicted molar refractivity (Wildman–Crippen MR) is 56.0 cm³/mol. The largest absolute Gasteiger partial charge is 0.364 e. The summed E-state index contributed by atoms with van der Waals surface area (Å²) in [7, 11) is 0. The maximum atomic E-state index is 5.01. The Bertz CT molecular complexity index is 403. The van der Waals surface area contributed by atoms with Gasteiger partial charge in [-0.25, -0.2) is 0 Å². The Hall–Kier alpha value is -1.57. The monoisotopic (exact) mass is 187 g/mol. The Balaban J connectivity index is 2.47. The van der Waals surface area contributed by atoms with Crippen molar-refractivity contribution in [2.75, 3.05) is 0 Å². The van der Waals surface area contributed by atoms with E-state index in [1.165, 1.54) is 0 Å². The number of aromatic nitrogens is 1. The summed E-state index contributed by atoms with van der Waals surface area (Å²) in [6, 6.07) is 10.2. The quantitative estimate of drug-likeness (QED) is 0.719. The highest BCUT2D eigenvalue weighted by Gasteiger charge is 2.12. The molecule has 2 nitrogen and oxygen atoms in total. The zero-order valence-electron chi connectivity index (χ0n) is 8.40. The number of benzene rings is 1. The highest BCUT2D eigenvalue weighted by Crippen LogP contribution is 2.27. The standard InChI is InChI=1S/C12H13NO/c1-9(2)12-11(8-14-13-12)10-6-4-3-5-7-10/h3-9H,1-2H3. The summed E-state index contributed by atoms with van der Waals surface area (Å²) in [6.45, 7) is 4.23. The van der Waals surface area contributed by atoms with Crippen molar-refractivity contribution in [2.45, 2.75) is 19.8 Å². The van der Waals surface area contributed by atoms with Gasteiger partial charge in [-0.05, 0) is 11.5 Å². The lowest BCUT2D eigenvalue weighted by molar-refractivity contribution is 0.408. The molecule has 0 aliphatic carbocycles. The average Bonchev–Trinajstić information content (AvgIpc) is 2.67. The normalized spacial score (nSPS) is 10.8. The molecule has 1 aromatic heterocycles. The van der Waals surface area contributed by atoms with E-state index in [1.807, 2.05) is 18.2 Å². The second-order valence-corrected chi connectivity index (χ2v) is 3.63. The maximum absolute atomic E-state index is 5.01. The van der Waals surface area contributed by atoms with Crippen molar-refractivity contribution in [3.05, 3.63) is 42.3 Å². The summed E-state index contributed by atoms with van der Waals surface area (Å²) in [5.41, 5.74) is 3.29. The molecule has 2 aromatic rings. The number of rotatable bonds is 2. The van der Waals surface area contributed by atoms with Crippen molar-refractivity contribution in [2.24, 2.45) is 0 Å². The smallest absolute Gasteiger partial charge is 0.131 e. The molecule has 72 valence electrons.